The van der Waals surface area contributed by atoms with Crippen molar-refractivity contribution < 1.29 is 9.53 Å². The number of amides is 1. The van der Waals surface area contributed by atoms with E-state index in [-0.39, 0.29) is 12.1 Å². The molecule has 1 aliphatic rings. The van der Waals surface area contributed by atoms with Gasteiger partial charge in [0.1, 0.15) is 12.6 Å². The highest BCUT2D eigenvalue weighted by Crippen LogP contribution is 2.23. The van der Waals surface area contributed by atoms with Gasteiger partial charge >= 0.3 is 6.09 Å². The predicted molar refractivity (Wildman–Crippen MR) is 62.2 cm³/mol. The van der Waals surface area contributed by atoms with Crippen LogP contribution in [-0.4, -0.2) is 29.6 Å². The van der Waals surface area contributed by atoms with Crippen LogP contribution in [0.15, 0.2) is 18.3 Å². The summed E-state index contributed by atoms with van der Waals surface area (Å²) in [7, 11) is 1.72. The van der Waals surface area contributed by atoms with Crippen molar-refractivity contribution in [1.82, 2.24) is 9.88 Å². The topological polar surface area (TPSA) is 42.4 Å². The number of carbonyl (C=O) groups is 1. The highest BCUT2D eigenvalue weighted by atomic mass is 16.6. The van der Waals surface area contributed by atoms with Crippen LogP contribution in [0.5, 0.6) is 0 Å². The van der Waals surface area contributed by atoms with Gasteiger partial charge in [-0.2, -0.15) is 0 Å². The Morgan fingerprint density at radius 3 is 2.56 bits per heavy atom. The van der Waals surface area contributed by atoms with Crippen molar-refractivity contribution in [3.8, 4) is 0 Å². The fourth-order valence-corrected chi connectivity index (χ4v) is 1.45. The van der Waals surface area contributed by atoms with Gasteiger partial charge in [-0.1, -0.05) is 19.9 Å². The highest BCUT2D eigenvalue weighted by molar-refractivity contribution is 5.69. The first-order valence-electron chi connectivity index (χ1n) is 5.50. The molecule has 1 unspecified atom stereocenters. The molecule has 0 spiro atoms. The summed E-state index contributed by atoms with van der Waals surface area (Å²) in [5, 5.41) is 0. The Morgan fingerprint density at radius 1 is 1.44 bits per heavy atom. The Balaban J connectivity index is 0.000000606. The lowest BCUT2D eigenvalue weighted by Crippen LogP contribution is -2.23. The van der Waals surface area contributed by atoms with Gasteiger partial charge in [-0.05, 0) is 18.6 Å². The predicted octanol–water partition coefficient (Wildman–Crippen LogP) is 2.54. The summed E-state index contributed by atoms with van der Waals surface area (Å²) in [6.45, 7) is 6.38. The van der Waals surface area contributed by atoms with Crippen LogP contribution in [-0.2, 0) is 4.74 Å². The number of aromatic nitrogens is 1. The maximum Gasteiger partial charge on any atom is 0.410 e. The van der Waals surface area contributed by atoms with E-state index in [9.17, 15) is 4.79 Å². The van der Waals surface area contributed by atoms with Crippen molar-refractivity contribution in [3.05, 3.63) is 29.6 Å². The van der Waals surface area contributed by atoms with E-state index in [0.717, 1.165) is 11.3 Å². The Hall–Kier alpha value is -1.58. The molecule has 1 aromatic rings. The first-order valence-corrected chi connectivity index (χ1v) is 5.50. The number of cyclic esters (lactones) is 1. The molecular formula is C12H18N2O2. The number of ether oxygens (including phenoxy) is 1. The number of likely N-dealkylation sites (N-methyl/N-ethyl adjacent to an activating group) is 1. The third-order valence-corrected chi connectivity index (χ3v) is 2.40. The van der Waals surface area contributed by atoms with E-state index in [2.05, 4.69) is 4.98 Å². The lowest BCUT2D eigenvalue weighted by atomic mass is 10.2. The van der Waals surface area contributed by atoms with Crippen molar-refractivity contribution >= 4 is 6.09 Å². The van der Waals surface area contributed by atoms with Gasteiger partial charge in [-0.3, -0.25) is 9.88 Å². The molecule has 4 heteroatoms. The van der Waals surface area contributed by atoms with E-state index in [1.54, 1.807) is 18.1 Å². The monoisotopic (exact) mass is 222 g/mol. The van der Waals surface area contributed by atoms with Crippen molar-refractivity contribution in [1.29, 1.82) is 0 Å². The summed E-state index contributed by atoms with van der Waals surface area (Å²) in [6.07, 6.45) is 1.52. The molecule has 0 bridgehead atoms. The molecule has 2 heterocycles. The van der Waals surface area contributed by atoms with Gasteiger partial charge in [0.05, 0.1) is 5.69 Å². The maximum absolute atomic E-state index is 11.1. The third-order valence-electron chi connectivity index (χ3n) is 2.40. The molecule has 1 aromatic heterocycles. The zero-order valence-electron chi connectivity index (χ0n) is 10.2. The number of hydrogen-bond acceptors (Lipinski definition) is 3. The van der Waals surface area contributed by atoms with Gasteiger partial charge < -0.3 is 4.74 Å². The zero-order chi connectivity index (χ0) is 12.1. The van der Waals surface area contributed by atoms with Crippen LogP contribution < -0.4 is 0 Å². The van der Waals surface area contributed by atoms with Crippen LogP contribution >= 0.6 is 0 Å². The minimum absolute atomic E-state index is 0.0388. The van der Waals surface area contributed by atoms with E-state index in [1.165, 1.54) is 0 Å². The van der Waals surface area contributed by atoms with E-state index < -0.39 is 0 Å². The maximum atomic E-state index is 11.1. The number of rotatable bonds is 1. The molecule has 0 N–H and O–H groups in total. The molecule has 0 aliphatic carbocycles. The molecular weight excluding hydrogens is 204 g/mol. The molecule has 1 fully saturated rings. The summed E-state index contributed by atoms with van der Waals surface area (Å²) < 4.78 is 4.91. The van der Waals surface area contributed by atoms with Crippen LogP contribution in [0.4, 0.5) is 4.79 Å². The first-order chi connectivity index (χ1) is 7.68. The van der Waals surface area contributed by atoms with Crippen LogP contribution in [0.3, 0.4) is 0 Å². The molecule has 0 radical (unpaired) electrons. The Morgan fingerprint density at radius 2 is 2.12 bits per heavy atom. The summed E-state index contributed by atoms with van der Waals surface area (Å²) in [5.41, 5.74) is 1.99. The van der Waals surface area contributed by atoms with Crippen LogP contribution in [0, 0.1) is 6.92 Å². The van der Waals surface area contributed by atoms with E-state index in [4.69, 9.17) is 4.74 Å². The molecule has 4 nitrogen and oxygen atoms in total. The van der Waals surface area contributed by atoms with Gasteiger partial charge in [0, 0.05) is 13.2 Å². The number of nitrogens with zero attached hydrogens (tertiary/aromatic N) is 2. The molecule has 1 amide bonds. The van der Waals surface area contributed by atoms with Gasteiger partial charge in [0.2, 0.25) is 0 Å². The second-order valence-corrected chi connectivity index (χ2v) is 3.46. The second kappa shape index (κ2) is 5.49. The van der Waals surface area contributed by atoms with Crippen LogP contribution in [0.2, 0.25) is 0 Å². The molecule has 0 saturated carbocycles. The van der Waals surface area contributed by atoms with Crippen molar-refractivity contribution in [2.75, 3.05) is 13.7 Å². The second-order valence-electron chi connectivity index (χ2n) is 3.46. The SMILES string of the molecule is CC.Cc1ccc(C2COC(=O)N2C)nc1. The number of aryl methyl sites for hydroxylation is 1. The van der Waals surface area contributed by atoms with Gasteiger partial charge in [-0.25, -0.2) is 4.79 Å². The number of hydrogen-bond donors (Lipinski definition) is 0. The van der Waals surface area contributed by atoms with Gasteiger partial charge in [0.25, 0.3) is 0 Å². The van der Waals surface area contributed by atoms with Crippen LogP contribution in [0.25, 0.3) is 0 Å². The Kier molecular flexibility index (Phi) is 4.28. The fraction of sp³-hybridized carbons (Fsp3) is 0.500. The van der Waals surface area contributed by atoms with E-state index in [0.29, 0.717) is 6.61 Å². The van der Waals surface area contributed by atoms with E-state index in [1.807, 2.05) is 32.9 Å². The standard InChI is InChI=1S/C10H12N2O2.C2H6/c1-7-3-4-8(11-5-7)9-6-14-10(13)12(9)2;1-2/h3-5,9H,6H2,1-2H3;1-2H3. The zero-order valence-corrected chi connectivity index (χ0v) is 10.2. The average Bonchev–Trinajstić information content (AvgIpc) is 2.64. The van der Waals surface area contributed by atoms with Crippen molar-refractivity contribution in [3.63, 3.8) is 0 Å². The minimum atomic E-state index is -0.280. The molecule has 16 heavy (non-hydrogen) atoms. The lowest BCUT2D eigenvalue weighted by molar-refractivity contribution is 0.163. The third kappa shape index (κ3) is 2.51. The van der Waals surface area contributed by atoms with Crippen LogP contribution in [0.1, 0.15) is 31.1 Å². The normalized spacial score (nSPS) is 18.9. The molecule has 0 aromatic carbocycles. The van der Waals surface area contributed by atoms with Crippen molar-refractivity contribution in [2.45, 2.75) is 26.8 Å². The summed E-state index contributed by atoms with van der Waals surface area (Å²) in [6, 6.07) is 3.88. The van der Waals surface area contributed by atoms with E-state index >= 15 is 0 Å². The Bertz CT molecular complexity index is 349. The molecule has 88 valence electrons. The lowest BCUT2D eigenvalue weighted by Gasteiger charge is -2.14. The number of carbonyl (C=O) groups excluding carboxylic acids is 1. The molecule has 2 rings (SSSR count). The highest BCUT2D eigenvalue weighted by Gasteiger charge is 2.31. The summed E-state index contributed by atoms with van der Waals surface area (Å²) >= 11 is 0. The largest absolute Gasteiger partial charge is 0.447 e. The minimum Gasteiger partial charge on any atom is -0.447 e. The fourth-order valence-electron chi connectivity index (χ4n) is 1.45. The summed E-state index contributed by atoms with van der Waals surface area (Å²) in [4.78, 5) is 16.9. The first kappa shape index (κ1) is 12.5. The number of pyridine rings is 1. The Labute approximate surface area is 96.2 Å². The summed E-state index contributed by atoms with van der Waals surface area (Å²) in [5.74, 6) is 0. The van der Waals surface area contributed by atoms with Gasteiger partial charge in [0.15, 0.2) is 0 Å². The molecule has 1 atom stereocenters. The smallest absolute Gasteiger partial charge is 0.410 e. The van der Waals surface area contributed by atoms with Crippen molar-refractivity contribution in [2.24, 2.45) is 0 Å². The average molecular weight is 222 g/mol. The van der Waals surface area contributed by atoms with Gasteiger partial charge in [-0.15, -0.1) is 0 Å². The quantitative estimate of drug-likeness (QED) is 0.733. The molecule has 1 aliphatic heterocycles. The molecule has 1 saturated heterocycles.